The fourth-order valence-electron chi connectivity index (χ4n) is 1.86. The Labute approximate surface area is 136 Å². The van der Waals surface area contributed by atoms with E-state index in [0.717, 1.165) is 5.56 Å². The van der Waals surface area contributed by atoms with Crippen molar-refractivity contribution in [3.63, 3.8) is 0 Å². The highest BCUT2D eigenvalue weighted by molar-refractivity contribution is 7.98. The molecule has 0 radical (unpaired) electrons. The summed E-state index contributed by atoms with van der Waals surface area (Å²) >= 11 is 1.48. The number of sulfonamides is 1. The van der Waals surface area contributed by atoms with Crippen molar-refractivity contribution in [3.8, 4) is 0 Å². The third-order valence-corrected chi connectivity index (χ3v) is 5.37. The van der Waals surface area contributed by atoms with Gasteiger partial charge in [-0.25, -0.2) is 8.42 Å². The molecule has 5 nitrogen and oxygen atoms in total. The summed E-state index contributed by atoms with van der Waals surface area (Å²) in [6.45, 7) is 6.12. The van der Waals surface area contributed by atoms with Gasteiger partial charge >= 0.3 is 5.97 Å². The summed E-state index contributed by atoms with van der Waals surface area (Å²) in [5.41, 5.74) is 0.945. The average molecular weight is 345 g/mol. The van der Waals surface area contributed by atoms with E-state index >= 15 is 0 Å². The third-order valence-electron chi connectivity index (χ3n) is 3.24. The molecule has 0 aromatic heterocycles. The Hall–Kier alpha value is -1.05. The molecule has 0 aliphatic carbocycles. The van der Waals surface area contributed by atoms with Crippen molar-refractivity contribution in [1.82, 2.24) is 4.72 Å². The molecular formula is C15H23NO4S2. The first-order chi connectivity index (χ1) is 10.1. The fourth-order valence-corrected chi connectivity index (χ4v) is 3.55. The van der Waals surface area contributed by atoms with E-state index in [-0.39, 0.29) is 16.7 Å². The lowest BCUT2D eigenvalue weighted by Gasteiger charge is -2.19. The zero-order chi connectivity index (χ0) is 17.0. The van der Waals surface area contributed by atoms with Crippen LogP contribution in [0.15, 0.2) is 29.2 Å². The van der Waals surface area contributed by atoms with E-state index in [1.165, 1.54) is 23.9 Å². The standard InChI is InChI=1S/C15H23NO4S2/c1-15(2,3)11-5-7-12(8-6-11)22(19,20)16-13(14(17)18)9-10-21-4/h5-8,13,16H,9-10H2,1-4H3,(H,17,18)/t13-/m0/s1. The predicted octanol–water partition coefficient (Wildman–Crippen LogP) is 2.47. The maximum atomic E-state index is 12.3. The van der Waals surface area contributed by atoms with E-state index in [0.29, 0.717) is 5.75 Å². The van der Waals surface area contributed by atoms with Gasteiger partial charge in [-0.05, 0) is 41.5 Å². The van der Waals surface area contributed by atoms with Crippen molar-refractivity contribution in [1.29, 1.82) is 0 Å². The molecule has 0 unspecified atom stereocenters. The van der Waals surface area contributed by atoms with Gasteiger partial charge in [-0.2, -0.15) is 16.5 Å². The highest BCUT2D eigenvalue weighted by Crippen LogP contribution is 2.23. The van der Waals surface area contributed by atoms with Crippen LogP contribution in [0.1, 0.15) is 32.8 Å². The minimum atomic E-state index is -3.84. The largest absolute Gasteiger partial charge is 0.480 e. The van der Waals surface area contributed by atoms with Crippen LogP contribution in [0.3, 0.4) is 0 Å². The molecule has 0 spiro atoms. The molecule has 0 amide bonds. The average Bonchev–Trinajstić information content (AvgIpc) is 2.42. The van der Waals surface area contributed by atoms with Crippen LogP contribution in [0, 0.1) is 0 Å². The second kappa shape index (κ2) is 7.48. The summed E-state index contributed by atoms with van der Waals surface area (Å²) in [5, 5.41) is 9.12. The summed E-state index contributed by atoms with van der Waals surface area (Å²) in [7, 11) is -3.84. The molecule has 0 saturated heterocycles. The van der Waals surface area contributed by atoms with E-state index in [1.807, 2.05) is 27.0 Å². The molecule has 7 heteroatoms. The van der Waals surface area contributed by atoms with Gasteiger partial charge in [-0.15, -0.1) is 0 Å². The summed E-state index contributed by atoms with van der Waals surface area (Å²) in [6, 6.07) is 5.42. The number of rotatable bonds is 7. The first-order valence-electron chi connectivity index (χ1n) is 6.92. The number of carbonyl (C=O) groups is 1. The summed E-state index contributed by atoms with van der Waals surface area (Å²) in [4.78, 5) is 11.2. The van der Waals surface area contributed by atoms with Crippen LogP contribution in [-0.4, -0.2) is 37.5 Å². The monoisotopic (exact) mass is 345 g/mol. The van der Waals surface area contributed by atoms with E-state index in [4.69, 9.17) is 5.11 Å². The number of carboxylic acids is 1. The van der Waals surface area contributed by atoms with Gasteiger partial charge in [0.1, 0.15) is 6.04 Å². The smallest absolute Gasteiger partial charge is 0.321 e. The van der Waals surface area contributed by atoms with Gasteiger partial charge in [-0.1, -0.05) is 32.9 Å². The fraction of sp³-hybridized carbons (Fsp3) is 0.533. The Morgan fingerprint density at radius 1 is 1.27 bits per heavy atom. The molecule has 124 valence electrons. The highest BCUT2D eigenvalue weighted by atomic mass is 32.2. The first kappa shape index (κ1) is 19.0. The Balaban J connectivity index is 2.96. The third kappa shape index (κ3) is 5.30. The van der Waals surface area contributed by atoms with Gasteiger partial charge in [0.05, 0.1) is 4.90 Å². The molecule has 0 fully saturated rings. The number of carboxylic acid groups (broad SMARTS) is 1. The van der Waals surface area contributed by atoms with Crippen molar-refractivity contribution in [3.05, 3.63) is 29.8 Å². The molecule has 0 aliphatic heterocycles. The molecule has 1 aromatic rings. The Kier molecular flexibility index (Phi) is 6.46. The SMILES string of the molecule is CSCC[C@H](NS(=O)(=O)c1ccc(C(C)(C)C)cc1)C(=O)O. The molecular weight excluding hydrogens is 322 g/mol. The Morgan fingerprint density at radius 2 is 1.82 bits per heavy atom. The molecule has 1 aromatic carbocycles. The molecule has 0 saturated carbocycles. The van der Waals surface area contributed by atoms with E-state index in [2.05, 4.69) is 4.72 Å². The molecule has 1 atom stereocenters. The van der Waals surface area contributed by atoms with Crippen LogP contribution in [0.2, 0.25) is 0 Å². The molecule has 2 N–H and O–H groups in total. The normalized spacial score (nSPS) is 13.8. The number of benzene rings is 1. The predicted molar refractivity (Wildman–Crippen MR) is 89.9 cm³/mol. The van der Waals surface area contributed by atoms with Crippen LogP contribution in [0.5, 0.6) is 0 Å². The van der Waals surface area contributed by atoms with Gasteiger partial charge in [0, 0.05) is 0 Å². The van der Waals surface area contributed by atoms with Crippen molar-refractivity contribution in [2.24, 2.45) is 0 Å². The van der Waals surface area contributed by atoms with Crippen molar-refractivity contribution in [2.75, 3.05) is 12.0 Å². The molecule has 0 bridgehead atoms. The zero-order valence-electron chi connectivity index (χ0n) is 13.3. The van der Waals surface area contributed by atoms with Crippen LogP contribution in [-0.2, 0) is 20.2 Å². The highest BCUT2D eigenvalue weighted by Gasteiger charge is 2.25. The van der Waals surface area contributed by atoms with Crippen LogP contribution < -0.4 is 4.72 Å². The molecule has 22 heavy (non-hydrogen) atoms. The van der Waals surface area contributed by atoms with Crippen molar-refractivity contribution < 1.29 is 18.3 Å². The van der Waals surface area contributed by atoms with E-state index in [9.17, 15) is 13.2 Å². The summed E-state index contributed by atoms with van der Waals surface area (Å²) in [5.74, 6) is -0.591. The quantitative estimate of drug-likeness (QED) is 0.793. The minimum Gasteiger partial charge on any atom is -0.480 e. The van der Waals surface area contributed by atoms with Crippen molar-refractivity contribution in [2.45, 2.75) is 43.5 Å². The van der Waals surface area contributed by atoms with E-state index in [1.54, 1.807) is 12.1 Å². The lowest BCUT2D eigenvalue weighted by atomic mass is 9.87. The second-order valence-corrected chi connectivity index (χ2v) is 8.77. The second-order valence-electron chi connectivity index (χ2n) is 6.07. The van der Waals surface area contributed by atoms with Gasteiger partial charge in [0.15, 0.2) is 0 Å². The van der Waals surface area contributed by atoms with Gasteiger partial charge in [0.2, 0.25) is 10.0 Å². The maximum absolute atomic E-state index is 12.3. The lowest BCUT2D eigenvalue weighted by molar-refractivity contribution is -0.139. The molecule has 1 rings (SSSR count). The number of hydrogen-bond donors (Lipinski definition) is 2. The zero-order valence-corrected chi connectivity index (χ0v) is 14.9. The lowest BCUT2D eigenvalue weighted by Crippen LogP contribution is -2.41. The van der Waals surface area contributed by atoms with Crippen LogP contribution >= 0.6 is 11.8 Å². The topological polar surface area (TPSA) is 83.5 Å². The van der Waals surface area contributed by atoms with Crippen LogP contribution in [0.4, 0.5) is 0 Å². The van der Waals surface area contributed by atoms with Crippen LogP contribution in [0.25, 0.3) is 0 Å². The number of aliphatic carboxylic acids is 1. The van der Waals surface area contributed by atoms with Gasteiger partial charge in [-0.3, -0.25) is 4.79 Å². The molecule has 0 heterocycles. The first-order valence-corrected chi connectivity index (χ1v) is 9.80. The minimum absolute atomic E-state index is 0.0718. The molecule has 0 aliphatic rings. The van der Waals surface area contributed by atoms with Crippen molar-refractivity contribution >= 4 is 27.8 Å². The Morgan fingerprint density at radius 3 is 2.23 bits per heavy atom. The maximum Gasteiger partial charge on any atom is 0.321 e. The van der Waals surface area contributed by atoms with Gasteiger partial charge < -0.3 is 5.11 Å². The Bertz CT molecular complexity index is 603. The summed E-state index contributed by atoms with van der Waals surface area (Å²) < 4.78 is 26.8. The number of nitrogens with one attached hydrogen (secondary N) is 1. The number of thioether (sulfide) groups is 1. The van der Waals surface area contributed by atoms with E-state index < -0.39 is 22.0 Å². The van der Waals surface area contributed by atoms with Gasteiger partial charge in [0.25, 0.3) is 0 Å². The summed E-state index contributed by atoms with van der Waals surface area (Å²) in [6.07, 6.45) is 2.09. The number of hydrogen-bond acceptors (Lipinski definition) is 4.